The van der Waals surface area contributed by atoms with Gasteiger partial charge in [0.1, 0.15) is 0 Å². The molecule has 1 amide bonds. The Morgan fingerprint density at radius 1 is 1.14 bits per heavy atom. The van der Waals surface area contributed by atoms with E-state index < -0.39 is 17.8 Å². The van der Waals surface area contributed by atoms with Gasteiger partial charge in [-0.15, -0.1) is 0 Å². The monoisotopic (exact) mass is 284 g/mol. The van der Waals surface area contributed by atoms with Crippen LogP contribution in [0.15, 0.2) is 42.6 Å². The highest BCUT2D eigenvalue weighted by Gasteiger charge is 2.33. The van der Waals surface area contributed by atoms with Crippen LogP contribution in [0.25, 0.3) is 10.9 Å². The molecular formula is C16H16N2O3. The molecule has 1 aliphatic rings. The number of rotatable bonds is 3. The summed E-state index contributed by atoms with van der Waals surface area (Å²) >= 11 is 0. The number of benzene rings is 1. The van der Waals surface area contributed by atoms with Crippen molar-refractivity contribution in [3.8, 4) is 0 Å². The third-order valence-electron chi connectivity index (χ3n) is 3.91. The normalized spacial score (nSPS) is 21.3. The van der Waals surface area contributed by atoms with E-state index in [1.807, 2.05) is 42.6 Å². The lowest BCUT2D eigenvalue weighted by Crippen LogP contribution is -2.34. The molecule has 21 heavy (non-hydrogen) atoms. The van der Waals surface area contributed by atoms with E-state index in [-0.39, 0.29) is 5.91 Å². The van der Waals surface area contributed by atoms with Gasteiger partial charge in [0.15, 0.2) is 0 Å². The highest BCUT2D eigenvalue weighted by molar-refractivity contribution is 5.97. The number of carbonyl (C=O) groups is 2. The summed E-state index contributed by atoms with van der Waals surface area (Å²) in [5.74, 6) is -2.32. The number of nitrogens with one attached hydrogen (secondary N) is 2. The first kappa shape index (κ1) is 13.4. The second-order valence-electron chi connectivity index (χ2n) is 5.26. The van der Waals surface area contributed by atoms with Gasteiger partial charge in [0.2, 0.25) is 5.91 Å². The number of carbonyl (C=O) groups excluding carboxylic acids is 1. The van der Waals surface area contributed by atoms with Crippen LogP contribution in [-0.4, -0.2) is 22.0 Å². The van der Waals surface area contributed by atoms with Gasteiger partial charge in [0.25, 0.3) is 0 Å². The molecule has 3 N–H and O–H groups in total. The third-order valence-corrected chi connectivity index (χ3v) is 3.91. The van der Waals surface area contributed by atoms with E-state index in [0.717, 1.165) is 10.9 Å². The minimum Gasteiger partial charge on any atom is -0.481 e. The average Bonchev–Trinajstić information content (AvgIpc) is 2.94. The predicted octanol–water partition coefficient (Wildman–Crippen LogP) is 2.77. The lowest BCUT2D eigenvalue weighted by Gasteiger charge is -2.24. The van der Waals surface area contributed by atoms with Crippen molar-refractivity contribution in [2.24, 2.45) is 11.8 Å². The fraction of sp³-hybridized carbons (Fsp3) is 0.250. The fourth-order valence-electron chi connectivity index (χ4n) is 2.74. The number of amides is 1. The molecule has 0 saturated carbocycles. The number of aromatic amines is 1. The average molecular weight is 284 g/mol. The third kappa shape index (κ3) is 2.67. The summed E-state index contributed by atoms with van der Waals surface area (Å²) in [6, 6.07) is 7.50. The molecule has 108 valence electrons. The van der Waals surface area contributed by atoms with Gasteiger partial charge < -0.3 is 15.4 Å². The van der Waals surface area contributed by atoms with Crippen LogP contribution in [0.4, 0.5) is 5.69 Å². The summed E-state index contributed by atoms with van der Waals surface area (Å²) in [6.07, 6.45) is 6.41. The first-order chi connectivity index (χ1) is 10.1. The minimum absolute atomic E-state index is 0.235. The summed E-state index contributed by atoms with van der Waals surface area (Å²) in [5, 5.41) is 13.1. The Kier molecular flexibility index (Phi) is 3.48. The smallest absolute Gasteiger partial charge is 0.307 e. The van der Waals surface area contributed by atoms with Crippen molar-refractivity contribution >= 4 is 28.5 Å². The molecule has 1 aromatic carbocycles. The van der Waals surface area contributed by atoms with Crippen LogP contribution in [0.2, 0.25) is 0 Å². The van der Waals surface area contributed by atoms with Crippen molar-refractivity contribution in [1.29, 1.82) is 0 Å². The molecule has 1 aromatic heterocycles. The van der Waals surface area contributed by atoms with Crippen molar-refractivity contribution in [1.82, 2.24) is 4.98 Å². The second-order valence-corrected chi connectivity index (χ2v) is 5.26. The van der Waals surface area contributed by atoms with Crippen LogP contribution >= 0.6 is 0 Å². The highest BCUT2D eigenvalue weighted by atomic mass is 16.4. The first-order valence-corrected chi connectivity index (χ1v) is 6.91. The number of aromatic nitrogens is 1. The van der Waals surface area contributed by atoms with E-state index in [9.17, 15) is 14.7 Å². The molecule has 0 radical (unpaired) electrons. The zero-order chi connectivity index (χ0) is 14.8. The zero-order valence-corrected chi connectivity index (χ0v) is 11.4. The molecule has 0 fully saturated rings. The molecule has 1 heterocycles. The van der Waals surface area contributed by atoms with E-state index in [1.165, 1.54) is 0 Å². The number of carboxylic acid groups (broad SMARTS) is 1. The summed E-state index contributed by atoms with van der Waals surface area (Å²) in [4.78, 5) is 26.7. The molecule has 2 atom stereocenters. The molecule has 0 unspecified atom stereocenters. The van der Waals surface area contributed by atoms with Gasteiger partial charge in [0.05, 0.1) is 11.8 Å². The summed E-state index contributed by atoms with van der Waals surface area (Å²) in [7, 11) is 0. The molecule has 1 aliphatic carbocycles. The Morgan fingerprint density at radius 2 is 1.90 bits per heavy atom. The molecule has 3 rings (SSSR count). The van der Waals surface area contributed by atoms with Crippen LogP contribution in [0.1, 0.15) is 12.8 Å². The maximum absolute atomic E-state index is 12.3. The molecule has 5 heteroatoms. The molecule has 0 spiro atoms. The predicted molar refractivity (Wildman–Crippen MR) is 79.9 cm³/mol. The van der Waals surface area contributed by atoms with E-state index in [4.69, 9.17) is 0 Å². The number of anilines is 1. The van der Waals surface area contributed by atoms with E-state index in [2.05, 4.69) is 10.3 Å². The van der Waals surface area contributed by atoms with E-state index in [0.29, 0.717) is 18.5 Å². The molecule has 0 saturated heterocycles. The molecule has 2 aromatic rings. The maximum atomic E-state index is 12.3. The van der Waals surface area contributed by atoms with Crippen LogP contribution in [0, 0.1) is 11.8 Å². The maximum Gasteiger partial charge on any atom is 0.307 e. The summed E-state index contributed by atoms with van der Waals surface area (Å²) < 4.78 is 0. The van der Waals surface area contributed by atoms with Crippen molar-refractivity contribution in [3.05, 3.63) is 42.6 Å². The van der Waals surface area contributed by atoms with Crippen molar-refractivity contribution < 1.29 is 14.7 Å². The van der Waals surface area contributed by atoms with Gasteiger partial charge in [-0.25, -0.2) is 0 Å². The zero-order valence-electron chi connectivity index (χ0n) is 11.4. The SMILES string of the molecule is O=C(O)[C@H]1CC=CC[C@H]1C(=O)Nc1ccc2[nH]ccc2c1. The first-order valence-electron chi connectivity index (χ1n) is 6.91. The molecule has 5 nitrogen and oxygen atoms in total. The van der Waals surface area contributed by atoms with Crippen molar-refractivity contribution in [2.45, 2.75) is 12.8 Å². The van der Waals surface area contributed by atoms with Crippen molar-refractivity contribution in [3.63, 3.8) is 0 Å². The van der Waals surface area contributed by atoms with Gasteiger partial charge in [-0.05, 0) is 37.1 Å². The Balaban J connectivity index is 1.78. The van der Waals surface area contributed by atoms with Gasteiger partial charge in [-0.1, -0.05) is 12.2 Å². The standard InChI is InChI=1S/C16H16N2O3/c19-15(12-3-1-2-4-13(12)16(20)21)18-11-5-6-14-10(9-11)7-8-17-14/h1-2,5-9,12-13,17H,3-4H2,(H,18,19)(H,20,21)/t12-,13+/m1/s1. The highest BCUT2D eigenvalue weighted by Crippen LogP contribution is 2.27. The number of hydrogen-bond acceptors (Lipinski definition) is 2. The molecule has 0 aliphatic heterocycles. The minimum atomic E-state index is -0.916. The Bertz CT molecular complexity index is 717. The van der Waals surface area contributed by atoms with E-state index >= 15 is 0 Å². The number of hydrogen-bond donors (Lipinski definition) is 3. The number of H-pyrrole nitrogens is 1. The number of aliphatic carboxylic acids is 1. The lowest BCUT2D eigenvalue weighted by atomic mass is 9.82. The Morgan fingerprint density at radius 3 is 2.67 bits per heavy atom. The fourth-order valence-corrected chi connectivity index (χ4v) is 2.74. The second kappa shape index (κ2) is 5.44. The van der Waals surface area contributed by atoms with Crippen LogP contribution in [0.5, 0.6) is 0 Å². The van der Waals surface area contributed by atoms with Gasteiger partial charge >= 0.3 is 5.97 Å². The largest absolute Gasteiger partial charge is 0.481 e. The lowest BCUT2D eigenvalue weighted by molar-refractivity contribution is -0.146. The number of allylic oxidation sites excluding steroid dienone is 2. The van der Waals surface area contributed by atoms with E-state index in [1.54, 1.807) is 0 Å². The molecule has 0 bridgehead atoms. The molecular weight excluding hydrogens is 268 g/mol. The van der Waals surface area contributed by atoms with Crippen molar-refractivity contribution in [2.75, 3.05) is 5.32 Å². The topological polar surface area (TPSA) is 82.2 Å². The Labute approximate surface area is 121 Å². The Hall–Kier alpha value is -2.56. The number of fused-ring (bicyclic) bond motifs is 1. The van der Waals surface area contributed by atoms with Crippen LogP contribution < -0.4 is 5.32 Å². The quantitative estimate of drug-likeness (QED) is 0.758. The van der Waals surface area contributed by atoms with Gasteiger partial charge in [-0.3, -0.25) is 9.59 Å². The van der Waals surface area contributed by atoms with Gasteiger partial charge in [-0.2, -0.15) is 0 Å². The van der Waals surface area contributed by atoms with Crippen LogP contribution in [0.3, 0.4) is 0 Å². The summed E-state index contributed by atoms with van der Waals surface area (Å²) in [6.45, 7) is 0. The van der Waals surface area contributed by atoms with Gasteiger partial charge in [0, 0.05) is 22.8 Å². The van der Waals surface area contributed by atoms with Crippen LogP contribution in [-0.2, 0) is 9.59 Å². The number of carboxylic acids is 1. The summed E-state index contributed by atoms with van der Waals surface area (Å²) in [5.41, 5.74) is 1.68.